The minimum Gasteiger partial charge on any atom is -0.440 e. The van der Waals surface area contributed by atoms with Gasteiger partial charge in [-0.25, -0.2) is 14.6 Å². The number of aryl methyl sites for hydroxylation is 1. The molecule has 0 spiro atoms. The molecule has 0 atom stereocenters. The van der Waals surface area contributed by atoms with E-state index in [1.165, 1.54) is 0 Å². The summed E-state index contributed by atoms with van der Waals surface area (Å²) in [7, 11) is 0. The summed E-state index contributed by atoms with van der Waals surface area (Å²) in [5.41, 5.74) is 2.50. The maximum Gasteiger partial charge on any atom is 0.293 e. The number of rotatable bonds is 3. The molecule has 4 aromatic rings. The van der Waals surface area contributed by atoms with E-state index in [-0.39, 0.29) is 17.6 Å². The van der Waals surface area contributed by atoms with Gasteiger partial charge >= 0.3 is 0 Å². The molecule has 0 radical (unpaired) electrons. The largest absolute Gasteiger partial charge is 0.440 e. The van der Waals surface area contributed by atoms with Crippen LogP contribution in [0.1, 0.15) is 41.1 Å². The molecule has 0 N–H and O–H groups in total. The van der Waals surface area contributed by atoms with Crippen LogP contribution in [0, 0.1) is 6.92 Å². The molecular formula is C22H20ClN5O2. The van der Waals surface area contributed by atoms with Crippen molar-refractivity contribution in [3.05, 3.63) is 71.1 Å². The Labute approximate surface area is 178 Å². The predicted octanol–water partition coefficient (Wildman–Crippen LogP) is 4.39. The van der Waals surface area contributed by atoms with E-state index in [0.717, 1.165) is 35.5 Å². The lowest BCUT2D eigenvalue weighted by Crippen LogP contribution is -2.38. The van der Waals surface area contributed by atoms with E-state index in [2.05, 4.69) is 15.1 Å². The van der Waals surface area contributed by atoms with E-state index in [1.54, 1.807) is 21.7 Å². The molecule has 2 aromatic carbocycles. The van der Waals surface area contributed by atoms with Crippen molar-refractivity contribution < 1.29 is 9.21 Å². The van der Waals surface area contributed by atoms with Gasteiger partial charge < -0.3 is 9.32 Å². The predicted molar refractivity (Wildman–Crippen MR) is 113 cm³/mol. The number of likely N-dealkylation sites (tertiary alicyclic amines) is 1. The van der Waals surface area contributed by atoms with Crippen LogP contribution in [0.2, 0.25) is 5.02 Å². The second kappa shape index (κ2) is 7.57. The summed E-state index contributed by atoms with van der Waals surface area (Å²) in [5, 5.41) is 5.08. The summed E-state index contributed by atoms with van der Waals surface area (Å²) in [5.74, 6) is 1.68. The van der Waals surface area contributed by atoms with Crippen LogP contribution in [0.4, 0.5) is 0 Å². The first-order valence-electron chi connectivity index (χ1n) is 9.93. The zero-order chi connectivity index (χ0) is 20.7. The van der Waals surface area contributed by atoms with Gasteiger partial charge in [-0.1, -0.05) is 23.7 Å². The number of para-hydroxylation sites is 2. The molecule has 0 unspecified atom stereocenters. The van der Waals surface area contributed by atoms with Crippen LogP contribution < -0.4 is 0 Å². The van der Waals surface area contributed by atoms with Gasteiger partial charge in [0.1, 0.15) is 11.3 Å². The third kappa shape index (κ3) is 3.45. The molecule has 1 saturated heterocycles. The molecule has 30 heavy (non-hydrogen) atoms. The van der Waals surface area contributed by atoms with Crippen molar-refractivity contribution in [2.45, 2.75) is 25.7 Å². The molecule has 8 heteroatoms. The van der Waals surface area contributed by atoms with Gasteiger partial charge in [0.15, 0.2) is 11.5 Å². The highest BCUT2D eigenvalue weighted by Gasteiger charge is 2.29. The second-order valence-electron chi connectivity index (χ2n) is 7.46. The number of benzene rings is 2. The highest BCUT2D eigenvalue weighted by molar-refractivity contribution is 6.30. The first-order chi connectivity index (χ1) is 14.6. The molecule has 1 aliphatic rings. The van der Waals surface area contributed by atoms with Crippen LogP contribution in [0.3, 0.4) is 0 Å². The van der Waals surface area contributed by atoms with E-state index in [1.807, 2.05) is 43.3 Å². The minimum absolute atomic E-state index is 0.151. The molecule has 0 bridgehead atoms. The van der Waals surface area contributed by atoms with Crippen molar-refractivity contribution >= 4 is 28.6 Å². The molecule has 1 aliphatic heterocycles. The monoisotopic (exact) mass is 421 g/mol. The molecule has 0 saturated carbocycles. The van der Waals surface area contributed by atoms with Crippen LogP contribution in [0.5, 0.6) is 0 Å². The lowest BCUT2D eigenvalue weighted by atomic mass is 9.97. The van der Waals surface area contributed by atoms with Crippen LogP contribution in [-0.2, 0) is 0 Å². The third-order valence-electron chi connectivity index (χ3n) is 5.47. The molecule has 5 rings (SSSR count). The second-order valence-corrected chi connectivity index (χ2v) is 7.89. The first-order valence-corrected chi connectivity index (χ1v) is 10.3. The van der Waals surface area contributed by atoms with E-state index in [4.69, 9.17) is 16.0 Å². The molecule has 1 fully saturated rings. The topological polar surface area (TPSA) is 77.1 Å². The van der Waals surface area contributed by atoms with Crippen molar-refractivity contribution in [2.75, 3.05) is 13.1 Å². The van der Waals surface area contributed by atoms with Crippen molar-refractivity contribution in [1.82, 2.24) is 24.6 Å². The van der Waals surface area contributed by atoms with Gasteiger partial charge in [-0.3, -0.25) is 4.79 Å². The quantitative estimate of drug-likeness (QED) is 0.490. The number of piperidine rings is 1. The average Bonchev–Trinajstić information content (AvgIpc) is 3.38. The number of aromatic nitrogens is 4. The first kappa shape index (κ1) is 18.8. The Morgan fingerprint density at radius 3 is 2.53 bits per heavy atom. The van der Waals surface area contributed by atoms with Crippen molar-refractivity contribution in [1.29, 1.82) is 0 Å². The Morgan fingerprint density at radius 1 is 1.07 bits per heavy atom. The summed E-state index contributed by atoms with van der Waals surface area (Å²) in [6, 6.07) is 15.0. The van der Waals surface area contributed by atoms with E-state index >= 15 is 0 Å². The normalized spacial score (nSPS) is 15.1. The number of fused-ring (bicyclic) bond motifs is 1. The smallest absolute Gasteiger partial charge is 0.293 e. The Balaban J connectivity index is 1.29. The number of halogens is 1. The fourth-order valence-electron chi connectivity index (χ4n) is 3.84. The van der Waals surface area contributed by atoms with Crippen molar-refractivity contribution in [3.8, 4) is 5.69 Å². The number of oxazole rings is 1. The van der Waals surface area contributed by atoms with Gasteiger partial charge in [0.25, 0.3) is 5.91 Å². The SMILES string of the molecule is Cc1nc(C(=O)N2CCC(c3nc4ccccc4o3)CC2)nn1-c1ccc(Cl)cc1. The van der Waals surface area contributed by atoms with Gasteiger partial charge in [-0.2, -0.15) is 0 Å². The van der Waals surface area contributed by atoms with Gasteiger partial charge in [0, 0.05) is 24.0 Å². The summed E-state index contributed by atoms with van der Waals surface area (Å²) in [4.78, 5) is 23.8. The zero-order valence-electron chi connectivity index (χ0n) is 16.5. The van der Waals surface area contributed by atoms with Gasteiger partial charge in [0.2, 0.25) is 5.82 Å². The average molecular weight is 422 g/mol. The fourth-order valence-corrected chi connectivity index (χ4v) is 3.97. The number of hydrogen-bond acceptors (Lipinski definition) is 5. The number of nitrogens with zero attached hydrogens (tertiary/aromatic N) is 5. The Morgan fingerprint density at radius 2 is 1.80 bits per heavy atom. The Hall–Kier alpha value is -3.19. The lowest BCUT2D eigenvalue weighted by Gasteiger charge is -2.29. The Bertz CT molecular complexity index is 1170. The molecule has 2 aromatic heterocycles. The van der Waals surface area contributed by atoms with Crippen molar-refractivity contribution in [3.63, 3.8) is 0 Å². The zero-order valence-corrected chi connectivity index (χ0v) is 17.2. The minimum atomic E-state index is -0.151. The molecule has 0 aliphatic carbocycles. The van der Waals surface area contributed by atoms with Crippen LogP contribution in [-0.4, -0.2) is 43.6 Å². The molecule has 3 heterocycles. The van der Waals surface area contributed by atoms with Gasteiger partial charge in [-0.05, 0) is 56.2 Å². The van der Waals surface area contributed by atoms with Gasteiger partial charge in [0.05, 0.1) is 5.69 Å². The van der Waals surface area contributed by atoms with Crippen LogP contribution >= 0.6 is 11.6 Å². The van der Waals surface area contributed by atoms with E-state index in [9.17, 15) is 4.79 Å². The number of carbonyl (C=O) groups excluding carboxylic acids is 1. The highest BCUT2D eigenvalue weighted by atomic mass is 35.5. The maximum absolute atomic E-state index is 13.0. The maximum atomic E-state index is 13.0. The summed E-state index contributed by atoms with van der Waals surface area (Å²) in [6.45, 7) is 3.07. The van der Waals surface area contributed by atoms with Crippen LogP contribution in [0.25, 0.3) is 16.8 Å². The van der Waals surface area contributed by atoms with E-state index < -0.39 is 0 Å². The molecule has 152 valence electrons. The lowest BCUT2D eigenvalue weighted by molar-refractivity contribution is 0.0694. The Kier molecular flexibility index (Phi) is 4.75. The van der Waals surface area contributed by atoms with E-state index in [0.29, 0.717) is 23.9 Å². The summed E-state index contributed by atoms with van der Waals surface area (Å²) < 4.78 is 7.57. The summed E-state index contributed by atoms with van der Waals surface area (Å²) in [6.07, 6.45) is 1.60. The number of carbonyl (C=O) groups is 1. The molecule has 1 amide bonds. The highest BCUT2D eigenvalue weighted by Crippen LogP contribution is 2.30. The van der Waals surface area contributed by atoms with Crippen LogP contribution in [0.15, 0.2) is 52.9 Å². The standard InChI is InChI=1S/C22H20ClN5O2/c1-14-24-20(26-28(14)17-8-6-16(23)7-9-17)22(29)27-12-10-15(11-13-27)21-25-18-4-2-3-5-19(18)30-21/h2-9,15H,10-13H2,1H3. The number of hydrogen-bond donors (Lipinski definition) is 0. The number of amides is 1. The summed E-state index contributed by atoms with van der Waals surface area (Å²) >= 11 is 5.96. The molecule has 7 nitrogen and oxygen atoms in total. The third-order valence-corrected chi connectivity index (χ3v) is 5.73. The van der Waals surface area contributed by atoms with Gasteiger partial charge in [-0.15, -0.1) is 5.10 Å². The fraction of sp³-hybridized carbons (Fsp3) is 0.273. The van der Waals surface area contributed by atoms with Crippen molar-refractivity contribution in [2.24, 2.45) is 0 Å². The molecular weight excluding hydrogens is 402 g/mol.